The molecule has 1 aliphatic heterocycles. The molecule has 0 radical (unpaired) electrons. The Morgan fingerprint density at radius 1 is 0.939 bits per heavy atom. The van der Waals surface area contributed by atoms with E-state index in [1.807, 2.05) is 61.5 Å². The summed E-state index contributed by atoms with van der Waals surface area (Å²) in [5.74, 6) is 0.473. The normalized spacial score (nSPS) is 13.5. The third kappa shape index (κ3) is 6.65. The number of hydrogen-bond donors (Lipinski definition) is 2. The fourth-order valence-electron chi connectivity index (χ4n) is 3.90. The van der Waals surface area contributed by atoms with E-state index in [2.05, 4.69) is 27.7 Å². The first kappa shape index (κ1) is 23.0. The van der Waals surface area contributed by atoms with Gasteiger partial charge in [-0.2, -0.15) is 0 Å². The summed E-state index contributed by atoms with van der Waals surface area (Å²) < 4.78 is 5.61. The van der Waals surface area contributed by atoms with Gasteiger partial charge in [-0.3, -0.25) is 4.79 Å². The van der Waals surface area contributed by atoms with Gasteiger partial charge in [0, 0.05) is 31.0 Å². The number of rotatable bonds is 8. The Kier molecular flexibility index (Phi) is 7.74. The van der Waals surface area contributed by atoms with E-state index in [4.69, 9.17) is 16.3 Å². The van der Waals surface area contributed by atoms with E-state index < -0.39 is 0 Å². The van der Waals surface area contributed by atoms with Crippen molar-refractivity contribution in [1.29, 1.82) is 0 Å². The predicted molar refractivity (Wildman–Crippen MR) is 137 cm³/mol. The molecule has 0 spiro atoms. The number of hydrogen-bond acceptors (Lipinski definition) is 4. The lowest BCUT2D eigenvalue weighted by molar-refractivity contribution is -0.118. The van der Waals surface area contributed by atoms with Crippen LogP contribution in [0.4, 0.5) is 17.1 Å². The Bertz CT molecular complexity index is 1060. The Labute approximate surface area is 200 Å². The molecule has 2 N–H and O–H groups in total. The Morgan fingerprint density at radius 2 is 1.64 bits per heavy atom. The molecule has 3 aromatic rings. The highest BCUT2D eigenvalue weighted by atomic mass is 35.5. The van der Waals surface area contributed by atoms with Crippen molar-refractivity contribution in [3.63, 3.8) is 0 Å². The zero-order valence-corrected chi connectivity index (χ0v) is 19.7. The van der Waals surface area contributed by atoms with Crippen LogP contribution in [0.2, 0.25) is 5.02 Å². The second-order valence-corrected chi connectivity index (χ2v) is 8.82. The SMILES string of the molecule is Cc1ccc(NC(=O)COc2ccc(CNc3ccc(N4CCCCC4)c(Cl)c3)cc2)cc1. The van der Waals surface area contributed by atoms with Crippen LogP contribution in [0.15, 0.2) is 66.7 Å². The van der Waals surface area contributed by atoms with E-state index in [0.717, 1.165) is 46.3 Å². The van der Waals surface area contributed by atoms with E-state index in [9.17, 15) is 4.79 Å². The van der Waals surface area contributed by atoms with Gasteiger partial charge in [0.1, 0.15) is 5.75 Å². The van der Waals surface area contributed by atoms with Gasteiger partial charge < -0.3 is 20.3 Å². The number of anilines is 3. The molecule has 33 heavy (non-hydrogen) atoms. The molecule has 1 amide bonds. The topological polar surface area (TPSA) is 53.6 Å². The summed E-state index contributed by atoms with van der Waals surface area (Å²) in [4.78, 5) is 14.5. The minimum absolute atomic E-state index is 0.0344. The quantitative estimate of drug-likeness (QED) is 0.413. The van der Waals surface area contributed by atoms with Crippen LogP contribution < -0.4 is 20.3 Å². The van der Waals surface area contributed by atoms with Crippen molar-refractivity contribution in [2.75, 3.05) is 35.2 Å². The standard InChI is InChI=1S/C27H30ClN3O2/c1-20-5-9-22(10-6-20)30-27(32)19-33-24-12-7-21(8-13-24)18-29-23-11-14-26(25(28)17-23)31-15-3-2-4-16-31/h5-14,17,29H,2-4,15-16,18-19H2,1H3,(H,30,32). The molecule has 1 heterocycles. The Balaban J connectivity index is 1.24. The largest absolute Gasteiger partial charge is 0.484 e. The third-order valence-electron chi connectivity index (χ3n) is 5.77. The molecule has 172 valence electrons. The molecule has 1 aliphatic rings. The summed E-state index contributed by atoms with van der Waals surface area (Å²) in [5, 5.41) is 7.04. The van der Waals surface area contributed by atoms with Gasteiger partial charge in [0.25, 0.3) is 5.91 Å². The smallest absolute Gasteiger partial charge is 0.262 e. The maximum Gasteiger partial charge on any atom is 0.262 e. The summed E-state index contributed by atoms with van der Waals surface area (Å²) in [6.07, 6.45) is 3.76. The van der Waals surface area contributed by atoms with Gasteiger partial charge in [-0.15, -0.1) is 0 Å². The average Bonchev–Trinajstić information content (AvgIpc) is 2.84. The molecule has 5 nitrogen and oxygen atoms in total. The summed E-state index contributed by atoms with van der Waals surface area (Å²) in [5.41, 5.74) is 5.14. The molecule has 4 rings (SSSR count). The van der Waals surface area contributed by atoms with Gasteiger partial charge in [0.15, 0.2) is 6.61 Å². The first-order valence-corrected chi connectivity index (χ1v) is 11.8. The van der Waals surface area contributed by atoms with Crippen molar-refractivity contribution in [3.8, 4) is 5.75 Å². The number of halogens is 1. The fourth-order valence-corrected chi connectivity index (χ4v) is 4.20. The number of nitrogens with one attached hydrogen (secondary N) is 2. The molecule has 1 saturated heterocycles. The summed E-state index contributed by atoms with van der Waals surface area (Å²) in [6, 6.07) is 21.6. The Morgan fingerprint density at radius 3 is 2.33 bits per heavy atom. The molecular weight excluding hydrogens is 434 g/mol. The molecule has 6 heteroatoms. The summed E-state index contributed by atoms with van der Waals surface area (Å²) in [6.45, 7) is 4.80. The van der Waals surface area contributed by atoms with Gasteiger partial charge >= 0.3 is 0 Å². The zero-order valence-electron chi connectivity index (χ0n) is 18.9. The van der Waals surface area contributed by atoms with Crippen LogP contribution in [0.5, 0.6) is 5.75 Å². The van der Waals surface area contributed by atoms with Gasteiger partial charge in [-0.25, -0.2) is 0 Å². The first-order chi connectivity index (χ1) is 16.1. The van der Waals surface area contributed by atoms with Crippen LogP contribution in [-0.4, -0.2) is 25.6 Å². The lowest BCUT2D eigenvalue weighted by atomic mass is 10.1. The average molecular weight is 464 g/mol. The number of nitrogens with zero attached hydrogens (tertiary/aromatic N) is 1. The maximum atomic E-state index is 12.1. The number of benzene rings is 3. The van der Waals surface area contributed by atoms with Crippen molar-refractivity contribution in [2.24, 2.45) is 0 Å². The highest BCUT2D eigenvalue weighted by Crippen LogP contribution is 2.31. The van der Waals surface area contributed by atoms with E-state index in [-0.39, 0.29) is 12.5 Å². The lowest BCUT2D eigenvalue weighted by Crippen LogP contribution is -2.29. The first-order valence-electron chi connectivity index (χ1n) is 11.4. The van der Waals surface area contributed by atoms with Gasteiger partial charge in [0.05, 0.1) is 10.7 Å². The van der Waals surface area contributed by atoms with Crippen LogP contribution in [0.1, 0.15) is 30.4 Å². The monoisotopic (exact) mass is 463 g/mol. The molecule has 0 aromatic heterocycles. The summed E-state index contributed by atoms with van der Waals surface area (Å²) in [7, 11) is 0. The molecule has 0 unspecified atom stereocenters. The van der Waals surface area contributed by atoms with Crippen LogP contribution in [-0.2, 0) is 11.3 Å². The van der Waals surface area contributed by atoms with E-state index in [1.54, 1.807) is 0 Å². The number of piperidine rings is 1. The van der Waals surface area contributed by atoms with Crippen molar-refractivity contribution in [1.82, 2.24) is 0 Å². The second-order valence-electron chi connectivity index (χ2n) is 8.41. The third-order valence-corrected chi connectivity index (χ3v) is 6.07. The highest BCUT2D eigenvalue weighted by molar-refractivity contribution is 6.33. The van der Waals surface area contributed by atoms with Crippen molar-refractivity contribution in [3.05, 3.63) is 82.9 Å². The van der Waals surface area contributed by atoms with Crippen LogP contribution in [0.3, 0.4) is 0 Å². The van der Waals surface area contributed by atoms with Crippen LogP contribution in [0.25, 0.3) is 0 Å². The minimum Gasteiger partial charge on any atom is -0.484 e. The number of carbonyl (C=O) groups excluding carboxylic acids is 1. The van der Waals surface area contributed by atoms with E-state index >= 15 is 0 Å². The predicted octanol–water partition coefficient (Wildman–Crippen LogP) is 6.27. The number of ether oxygens (including phenoxy) is 1. The zero-order chi connectivity index (χ0) is 23.0. The maximum absolute atomic E-state index is 12.1. The molecule has 3 aromatic carbocycles. The molecule has 1 fully saturated rings. The highest BCUT2D eigenvalue weighted by Gasteiger charge is 2.14. The number of amides is 1. The number of carbonyl (C=O) groups is 1. The van der Waals surface area contributed by atoms with Crippen molar-refractivity contribution in [2.45, 2.75) is 32.7 Å². The van der Waals surface area contributed by atoms with Gasteiger partial charge in [0.2, 0.25) is 0 Å². The van der Waals surface area contributed by atoms with Crippen molar-refractivity contribution < 1.29 is 9.53 Å². The van der Waals surface area contributed by atoms with Crippen LogP contribution >= 0.6 is 11.6 Å². The Hall–Kier alpha value is -3.18. The van der Waals surface area contributed by atoms with E-state index in [0.29, 0.717) is 12.3 Å². The minimum atomic E-state index is -0.186. The fraction of sp³-hybridized carbons (Fsp3) is 0.296. The molecule has 0 saturated carbocycles. The van der Waals surface area contributed by atoms with Crippen molar-refractivity contribution >= 4 is 34.6 Å². The van der Waals surface area contributed by atoms with E-state index in [1.165, 1.54) is 19.3 Å². The molecule has 0 aliphatic carbocycles. The summed E-state index contributed by atoms with van der Waals surface area (Å²) >= 11 is 6.55. The van der Waals surface area contributed by atoms with Gasteiger partial charge in [-0.1, -0.05) is 41.4 Å². The lowest BCUT2D eigenvalue weighted by Gasteiger charge is -2.29. The van der Waals surface area contributed by atoms with Gasteiger partial charge in [-0.05, 0) is 74.2 Å². The van der Waals surface area contributed by atoms with Crippen LogP contribution in [0, 0.1) is 6.92 Å². The second kappa shape index (κ2) is 11.1. The molecule has 0 bridgehead atoms. The molecular formula is C27H30ClN3O2. The molecule has 0 atom stereocenters. The number of aryl methyl sites for hydroxylation is 1.